The standard InChI is InChI=1S/C25H34NO4P/c1-4-17-26-25(27)24-22-15-8-7-14-20(22)21-16-11-13-19(23(21)24)12-9-10-18-31(28,29-5-2)30-6-3/h7-8,11,13-16,24H,4-6,9-10,12,17-18H2,1-3H3,(H,26,27). The van der Waals surface area contributed by atoms with E-state index in [1.807, 2.05) is 26.0 Å². The lowest BCUT2D eigenvalue weighted by atomic mass is 9.90. The Hall–Kier alpha value is -1.94. The van der Waals surface area contributed by atoms with Gasteiger partial charge in [0.2, 0.25) is 5.91 Å². The van der Waals surface area contributed by atoms with Crippen molar-refractivity contribution < 1.29 is 18.4 Å². The van der Waals surface area contributed by atoms with Crippen LogP contribution in [0.4, 0.5) is 0 Å². The Morgan fingerprint density at radius 1 is 0.968 bits per heavy atom. The largest absolute Gasteiger partial charge is 0.355 e. The van der Waals surface area contributed by atoms with Crippen LogP contribution in [-0.4, -0.2) is 31.8 Å². The molecule has 1 amide bonds. The van der Waals surface area contributed by atoms with Gasteiger partial charge in [0.1, 0.15) is 0 Å². The van der Waals surface area contributed by atoms with Gasteiger partial charge in [0.05, 0.1) is 25.3 Å². The molecule has 0 fully saturated rings. The number of hydrogen-bond donors (Lipinski definition) is 1. The molecule has 0 spiro atoms. The first-order chi connectivity index (χ1) is 15.0. The SMILES string of the molecule is CCCNC(=O)C1c2ccccc2-c2cccc(CCCCP(=O)(OCC)OCC)c21. The van der Waals surface area contributed by atoms with E-state index >= 15 is 0 Å². The number of carbonyl (C=O) groups is 1. The smallest absolute Gasteiger partial charge is 0.330 e. The maximum Gasteiger partial charge on any atom is 0.330 e. The molecule has 1 unspecified atom stereocenters. The van der Waals surface area contributed by atoms with E-state index in [-0.39, 0.29) is 11.8 Å². The monoisotopic (exact) mass is 443 g/mol. The number of hydrogen-bond acceptors (Lipinski definition) is 4. The fourth-order valence-electron chi connectivity index (χ4n) is 4.36. The van der Waals surface area contributed by atoms with E-state index in [4.69, 9.17) is 9.05 Å². The molecule has 31 heavy (non-hydrogen) atoms. The van der Waals surface area contributed by atoms with Crippen molar-refractivity contribution in [3.63, 3.8) is 0 Å². The molecular weight excluding hydrogens is 409 g/mol. The average molecular weight is 444 g/mol. The summed E-state index contributed by atoms with van der Waals surface area (Å²) in [5.41, 5.74) is 5.69. The fraction of sp³-hybridized carbons (Fsp3) is 0.480. The van der Waals surface area contributed by atoms with Crippen LogP contribution >= 0.6 is 7.60 Å². The number of unbranched alkanes of at least 4 members (excludes halogenated alkanes) is 1. The number of benzene rings is 2. The van der Waals surface area contributed by atoms with Crippen molar-refractivity contribution in [1.29, 1.82) is 0 Å². The number of carbonyl (C=O) groups excluding carboxylic acids is 1. The third-order valence-electron chi connectivity index (χ3n) is 5.64. The molecule has 2 aromatic carbocycles. The molecule has 0 heterocycles. The summed E-state index contributed by atoms with van der Waals surface area (Å²) in [7, 11) is -3.01. The molecule has 1 atom stereocenters. The molecule has 0 saturated carbocycles. The van der Waals surface area contributed by atoms with E-state index in [1.54, 1.807) is 0 Å². The van der Waals surface area contributed by atoms with Gasteiger partial charge in [-0.05, 0) is 67.3 Å². The van der Waals surface area contributed by atoms with E-state index < -0.39 is 7.60 Å². The maximum absolute atomic E-state index is 13.1. The molecule has 3 rings (SSSR count). The molecule has 1 aliphatic rings. The minimum Gasteiger partial charge on any atom is -0.355 e. The summed E-state index contributed by atoms with van der Waals surface area (Å²) in [5, 5.41) is 3.09. The third kappa shape index (κ3) is 5.46. The van der Waals surface area contributed by atoms with E-state index in [1.165, 1.54) is 5.56 Å². The van der Waals surface area contributed by atoms with Gasteiger partial charge in [0, 0.05) is 6.54 Å². The summed E-state index contributed by atoms with van der Waals surface area (Å²) < 4.78 is 23.5. The lowest BCUT2D eigenvalue weighted by Gasteiger charge is -2.18. The topological polar surface area (TPSA) is 64.6 Å². The molecular formula is C25H34NO4P. The summed E-state index contributed by atoms with van der Waals surface area (Å²) in [6, 6.07) is 14.5. The highest BCUT2D eigenvalue weighted by atomic mass is 31.2. The van der Waals surface area contributed by atoms with Crippen LogP contribution < -0.4 is 5.32 Å². The zero-order valence-electron chi connectivity index (χ0n) is 18.9. The van der Waals surface area contributed by atoms with Crippen molar-refractivity contribution in [3.05, 3.63) is 59.2 Å². The van der Waals surface area contributed by atoms with Gasteiger partial charge in [-0.15, -0.1) is 0 Å². The molecule has 0 aromatic heterocycles. The van der Waals surface area contributed by atoms with E-state index in [2.05, 4.69) is 42.6 Å². The zero-order valence-corrected chi connectivity index (χ0v) is 19.8. The summed E-state index contributed by atoms with van der Waals surface area (Å²) in [6.45, 7) is 7.18. The van der Waals surface area contributed by atoms with Gasteiger partial charge in [-0.3, -0.25) is 9.36 Å². The minimum absolute atomic E-state index is 0.0673. The van der Waals surface area contributed by atoms with Crippen LogP contribution in [0.2, 0.25) is 0 Å². The number of aryl methyl sites for hydroxylation is 1. The second-order valence-corrected chi connectivity index (χ2v) is 10.0. The molecule has 6 heteroatoms. The fourth-order valence-corrected chi connectivity index (χ4v) is 6.09. The lowest BCUT2D eigenvalue weighted by Crippen LogP contribution is -2.30. The Balaban J connectivity index is 1.79. The first kappa shape index (κ1) is 23.7. The van der Waals surface area contributed by atoms with Crippen molar-refractivity contribution in [2.45, 2.75) is 52.4 Å². The molecule has 0 saturated heterocycles. The maximum atomic E-state index is 13.1. The van der Waals surface area contributed by atoms with Crippen LogP contribution in [0.15, 0.2) is 42.5 Å². The Kier molecular flexibility index (Phi) is 8.48. The molecule has 0 bridgehead atoms. The van der Waals surface area contributed by atoms with Crippen LogP contribution in [0.5, 0.6) is 0 Å². The normalized spacial score (nSPS) is 14.9. The Morgan fingerprint density at radius 3 is 2.39 bits per heavy atom. The van der Waals surface area contributed by atoms with Gasteiger partial charge in [-0.25, -0.2) is 0 Å². The van der Waals surface area contributed by atoms with Crippen molar-refractivity contribution in [3.8, 4) is 11.1 Å². The van der Waals surface area contributed by atoms with Gasteiger partial charge >= 0.3 is 7.60 Å². The molecule has 0 radical (unpaired) electrons. The van der Waals surface area contributed by atoms with Crippen molar-refractivity contribution >= 4 is 13.5 Å². The van der Waals surface area contributed by atoms with Crippen LogP contribution in [0, 0.1) is 0 Å². The van der Waals surface area contributed by atoms with Crippen molar-refractivity contribution in [1.82, 2.24) is 5.32 Å². The van der Waals surface area contributed by atoms with E-state index in [0.29, 0.717) is 25.9 Å². The van der Waals surface area contributed by atoms with Crippen LogP contribution in [-0.2, 0) is 24.8 Å². The molecule has 1 N–H and O–H groups in total. The summed E-state index contributed by atoms with van der Waals surface area (Å²) in [4.78, 5) is 13.1. The summed E-state index contributed by atoms with van der Waals surface area (Å²) >= 11 is 0. The van der Waals surface area contributed by atoms with Gasteiger partial charge in [0.25, 0.3) is 0 Å². The Bertz CT molecular complexity index is 933. The third-order valence-corrected chi connectivity index (χ3v) is 7.81. The van der Waals surface area contributed by atoms with E-state index in [9.17, 15) is 9.36 Å². The van der Waals surface area contributed by atoms with Gasteiger partial charge in [-0.2, -0.15) is 0 Å². The quantitative estimate of drug-likeness (QED) is 0.327. The van der Waals surface area contributed by atoms with Gasteiger partial charge in [0.15, 0.2) is 0 Å². The average Bonchev–Trinajstić information content (AvgIpc) is 3.11. The van der Waals surface area contributed by atoms with Crippen LogP contribution in [0.25, 0.3) is 11.1 Å². The zero-order chi connectivity index (χ0) is 22.3. The highest BCUT2D eigenvalue weighted by molar-refractivity contribution is 7.53. The van der Waals surface area contributed by atoms with Crippen molar-refractivity contribution in [2.24, 2.45) is 0 Å². The predicted molar refractivity (Wildman–Crippen MR) is 126 cm³/mol. The van der Waals surface area contributed by atoms with Crippen LogP contribution in [0.1, 0.15) is 62.6 Å². The van der Waals surface area contributed by atoms with Crippen LogP contribution in [0.3, 0.4) is 0 Å². The first-order valence-electron chi connectivity index (χ1n) is 11.4. The number of fused-ring (bicyclic) bond motifs is 3. The first-order valence-corrected chi connectivity index (χ1v) is 13.1. The second kappa shape index (κ2) is 11.1. The highest BCUT2D eigenvalue weighted by Crippen LogP contribution is 2.49. The molecule has 0 aliphatic heterocycles. The predicted octanol–water partition coefficient (Wildman–Crippen LogP) is 5.91. The Labute approximate surface area is 186 Å². The summed E-state index contributed by atoms with van der Waals surface area (Å²) in [6.07, 6.45) is 3.77. The van der Waals surface area contributed by atoms with Gasteiger partial charge < -0.3 is 14.4 Å². The minimum atomic E-state index is -3.01. The Morgan fingerprint density at radius 2 is 1.68 bits per heavy atom. The lowest BCUT2D eigenvalue weighted by molar-refractivity contribution is -0.121. The van der Waals surface area contributed by atoms with Gasteiger partial charge in [-0.1, -0.05) is 49.4 Å². The number of nitrogens with one attached hydrogen (secondary N) is 1. The number of rotatable bonds is 12. The van der Waals surface area contributed by atoms with E-state index in [0.717, 1.165) is 47.9 Å². The molecule has 1 aliphatic carbocycles. The summed E-state index contributed by atoms with van der Waals surface area (Å²) in [5.74, 6) is -0.204. The molecule has 5 nitrogen and oxygen atoms in total. The second-order valence-electron chi connectivity index (χ2n) is 7.82. The molecule has 2 aromatic rings. The highest BCUT2D eigenvalue weighted by Gasteiger charge is 2.35. The molecule has 168 valence electrons. The van der Waals surface area contributed by atoms with Crippen molar-refractivity contribution in [2.75, 3.05) is 25.9 Å². The number of amides is 1.